The average molecular weight is 417 g/mol. The van der Waals surface area contributed by atoms with E-state index in [9.17, 15) is 9.59 Å². The summed E-state index contributed by atoms with van der Waals surface area (Å²) in [6, 6.07) is 26.4. The van der Waals surface area contributed by atoms with Crippen LogP contribution >= 0.6 is 0 Å². The summed E-state index contributed by atoms with van der Waals surface area (Å²) in [5.74, 6) is 0.433. The summed E-state index contributed by atoms with van der Waals surface area (Å²) in [5.41, 5.74) is 2.95. The minimum atomic E-state index is -0.620. The maximum atomic E-state index is 13.2. The summed E-state index contributed by atoms with van der Waals surface area (Å²) in [5, 5.41) is 3.01. The van der Waals surface area contributed by atoms with Crippen LogP contribution in [-0.4, -0.2) is 29.9 Å². The highest BCUT2D eigenvalue weighted by Gasteiger charge is 2.28. The Balaban J connectivity index is 1.81. The summed E-state index contributed by atoms with van der Waals surface area (Å²) < 4.78 is 5.22. The van der Waals surface area contributed by atoms with E-state index in [4.69, 9.17) is 4.74 Å². The first-order valence-corrected chi connectivity index (χ1v) is 10.3. The van der Waals surface area contributed by atoms with Crippen molar-refractivity contribution in [2.45, 2.75) is 32.5 Å². The molecule has 5 nitrogen and oxygen atoms in total. The van der Waals surface area contributed by atoms with Gasteiger partial charge < -0.3 is 15.0 Å². The monoisotopic (exact) mass is 416 g/mol. The van der Waals surface area contributed by atoms with Gasteiger partial charge in [-0.2, -0.15) is 0 Å². The van der Waals surface area contributed by atoms with E-state index in [2.05, 4.69) is 5.32 Å². The number of carbonyl (C=O) groups excluding carboxylic acids is 2. The van der Waals surface area contributed by atoms with Crippen LogP contribution in [0.2, 0.25) is 0 Å². The van der Waals surface area contributed by atoms with Gasteiger partial charge in [0, 0.05) is 26.4 Å². The second kappa shape index (κ2) is 11.0. The highest BCUT2D eigenvalue weighted by molar-refractivity contribution is 5.87. The molecule has 31 heavy (non-hydrogen) atoms. The van der Waals surface area contributed by atoms with Gasteiger partial charge in [-0.25, -0.2) is 0 Å². The van der Waals surface area contributed by atoms with Crippen LogP contribution in [0.5, 0.6) is 5.75 Å². The zero-order valence-corrected chi connectivity index (χ0v) is 18.0. The van der Waals surface area contributed by atoms with E-state index in [1.54, 1.807) is 12.0 Å². The molecule has 2 amide bonds. The molecule has 5 heteroatoms. The number of hydrogen-bond acceptors (Lipinski definition) is 3. The Hall–Kier alpha value is -3.60. The fourth-order valence-electron chi connectivity index (χ4n) is 3.45. The van der Waals surface area contributed by atoms with Crippen molar-refractivity contribution in [1.82, 2.24) is 10.2 Å². The molecule has 0 fully saturated rings. The number of nitrogens with one attached hydrogen (secondary N) is 1. The third kappa shape index (κ3) is 6.44. The first kappa shape index (κ1) is 22.1. The van der Waals surface area contributed by atoms with Crippen LogP contribution in [-0.2, 0) is 29.1 Å². The van der Waals surface area contributed by atoms with E-state index in [-0.39, 0.29) is 11.8 Å². The molecule has 3 aromatic rings. The lowest BCUT2D eigenvalue weighted by Gasteiger charge is -2.30. The van der Waals surface area contributed by atoms with E-state index in [1.165, 1.54) is 6.92 Å². The van der Waals surface area contributed by atoms with E-state index in [0.717, 1.165) is 22.4 Å². The molecule has 1 atom stereocenters. The summed E-state index contributed by atoms with van der Waals surface area (Å²) in [7, 11) is 1.61. The average Bonchev–Trinajstić information content (AvgIpc) is 2.81. The van der Waals surface area contributed by atoms with Crippen LogP contribution in [0.4, 0.5) is 0 Å². The van der Waals surface area contributed by atoms with Gasteiger partial charge in [-0.05, 0) is 28.8 Å². The molecule has 3 rings (SSSR count). The molecule has 0 unspecified atom stereocenters. The number of amides is 2. The molecular formula is C26H28N2O3. The van der Waals surface area contributed by atoms with Crippen molar-refractivity contribution in [3.05, 3.63) is 102 Å². The second-order valence-corrected chi connectivity index (χ2v) is 7.40. The van der Waals surface area contributed by atoms with Crippen molar-refractivity contribution in [1.29, 1.82) is 0 Å². The van der Waals surface area contributed by atoms with E-state index >= 15 is 0 Å². The normalized spacial score (nSPS) is 11.4. The third-order valence-electron chi connectivity index (χ3n) is 5.18. The number of benzene rings is 3. The first-order valence-electron chi connectivity index (χ1n) is 10.3. The zero-order valence-electron chi connectivity index (χ0n) is 18.0. The highest BCUT2D eigenvalue weighted by Crippen LogP contribution is 2.17. The fraction of sp³-hybridized carbons (Fsp3) is 0.231. The molecule has 0 radical (unpaired) electrons. The van der Waals surface area contributed by atoms with Crippen molar-refractivity contribution in [2.24, 2.45) is 0 Å². The predicted molar refractivity (Wildman–Crippen MR) is 121 cm³/mol. The van der Waals surface area contributed by atoms with Gasteiger partial charge in [-0.1, -0.05) is 72.8 Å². The van der Waals surface area contributed by atoms with E-state index in [1.807, 2.05) is 84.9 Å². The summed E-state index contributed by atoms with van der Waals surface area (Å²) in [6.45, 7) is 2.26. The number of hydrogen-bond donors (Lipinski definition) is 1. The Kier molecular flexibility index (Phi) is 7.82. The molecular weight excluding hydrogens is 388 g/mol. The molecule has 3 aromatic carbocycles. The number of carbonyl (C=O) groups is 2. The number of methoxy groups -OCH3 is 1. The minimum Gasteiger partial charge on any atom is -0.497 e. The van der Waals surface area contributed by atoms with Gasteiger partial charge in [0.1, 0.15) is 11.8 Å². The van der Waals surface area contributed by atoms with E-state index in [0.29, 0.717) is 19.5 Å². The number of nitrogens with zero attached hydrogens (tertiary/aromatic N) is 1. The smallest absolute Gasteiger partial charge is 0.243 e. The lowest BCUT2D eigenvalue weighted by atomic mass is 10.0. The van der Waals surface area contributed by atoms with Gasteiger partial charge in [-0.15, -0.1) is 0 Å². The van der Waals surface area contributed by atoms with Crippen LogP contribution in [0.1, 0.15) is 23.6 Å². The molecule has 0 aromatic heterocycles. The van der Waals surface area contributed by atoms with Crippen LogP contribution in [0, 0.1) is 0 Å². The van der Waals surface area contributed by atoms with Crippen molar-refractivity contribution in [2.75, 3.05) is 7.11 Å². The predicted octanol–water partition coefficient (Wildman–Crippen LogP) is 3.97. The van der Waals surface area contributed by atoms with Gasteiger partial charge in [0.25, 0.3) is 0 Å². The molecule has 1 N–H and O–H groups in total. The summed E-state index contributed by atoms with van der Waals surface area (Å²) >= 11 is 0. The van der Waals surface area contributed by atoms with Crippen molar-refractivity contribution < 1.29 is 14.3 Å². The maximum Gasteiger partial charge on any atom is 0.243 e. The SMILES string of the molecule is COc1ccc(CN(C(C)=O)[C@@H](Cc2ccccc2)C(=O)NCc2ccccc2)cc1. The van der Waals surface area contributed by atoms with Gasteiger partial charge in [-0.3, -0.25) is 9.59 Å². The molecule has 0 saturated carbocycles. The summed E-state index contributed by atoms with van der Waals surface area (Å²) in [6.07, 6.45) is 0.442. The van der Waals surface area contributed by atoms with Crippen molar-refractivity contribution in [3.8, 4) is 5.75 Å². The molecule has 0 heterocycles. The Bertz CT molecular complexity index is 973. The number of rotatable bonds is 9. The number of ether oxygens (including phenoxy) is 1. The molecule has 160 valence electrons. The highest BCUT2D eigenvalue weighted by atomic mass is 16.5. The second-order valence-electron chi connectivity index (χ2n) is 7.40. The Labute approximate surface area is 183 Å². The topological polar surface area (TPSA) is 58.6 Å². The third-order valence-corrected chi connectivity index (χ3v) is 5.18. The molecule has 0 saturated heterocycles. The Morgan fingerprint density at radius 2 is 1.42 bits per heavy atom. The maximum absolute atomic E-state index is 13.2. The zero-order chi connectivity index (χ0) is 22.1. The van der Waals surface area contributed by atoms with Crippen molar-refractivity contribution in [3.63, 3.8) is 0 Å². The van der Waals surface area contributed by atoms with Gasteiger partial charge in [0.15, 0.2) is 0 Å². The molecule has 0 bridgehead atoms. The molecule has 0 aliphatic heterocycles. The van der Waals surface area contributed by atoms with Crippen LogP contribution in [0.15, 0.2) is 84.9 Å². The lowest BCUT2D eigenvalue weighted by Crippen LogP contribution is -2.49. The Morgan fingerprint density at radius 1 is 0.839 bits per heavy atom. The quantitative estimate of drug-likeness (QED) is 0.574. The van der Waals surface area contributed by atoms with E-state index < -0.39 is 6.04 Å². The first-order chi connectivity index (χ1) is 15.1. The molecule has 0 aliphatic carbocycles. The Morgan fingerprint density at radius 3 is 1.97 bits per heavy atom. The largest absolute Gasteiger partial charge is 0.497 e. The van der Waals surface area contributed by atoms with Gasteiger partial charge in [0.2, 0.25) is 11.8 Å². The molecule has 0 spiro atoms. The molecule has 0 aliphatic rings. The fourth-order valence-corrected chi connectivity index (χ4v) is 3.45. The summed E-state index contributed by atoms with van der Waals surface area (Å²) in [4.78, 5) is 27.5. The van der Waals surface area contributed by atoms with Crippen LogP contribution in [0.3, 0.4) is 0 Å². The lowest BCUT2D eigenvalue weighted by molar-refractivity contribution is -0.139. The standard InChI is InChI=1S/C26H28N2O3/c1-20(29)28(19-23-13-15-24(31-2)16-14-23)25(17-21-9-5-3-6-10-21)26(30)27-18-22-11-7-4-8-12-22/h3-16,25H,17-19H2,1-2H3,(H,27,30)/t25-/m0/s1. The minimum absolute atomic E-state index is 0.147. The van der Waals surface area contributed by atoms with Gasteiger partial charge in [0.05, 0.1) is 7.11 Å². The van der Waals surface area contributed by atoms with Crippen molar-refractivity contribution >= 4 is 11.8 Å². The van der Waals surface area contributed by atoms with Crippen LogP contribution < -0.4 is 10.1 Å². The van der Waals surface area contributed by atoms with Crippen LogP contribution in [0.25, 0.3) is 0 Å². The van der Waals surface area contributed by atoms with Gasteiger partial charge >= 0.3 is 0 Å².